The van der Waals surface area contributed by atoms with Gasteiger partial charge in [-0.2, -0.15) is 0 Å². The number of fused-ring (bicyclic) bond motifs is 3. The molecule has 2 heteroatoms. The minimum atomic E-state index is 0.821. The summed E-state index contributed by atoms with van der Waals surface area (Å²) in [5.41, 5.74) is 1.37. The molecule has 0 amide bonds. The zero-order valence-corrected chi connectivity index (χ0v) is 11.1. The number of methoxy groups -OCH3 is 1. The molecular weight excluding hydrogens is 234 g/mol. The second-order valence-electron chi connectivity index (χ2n) is 4.81. The number of rotatable bonds is 4. The topological polar surface area (TPSA) is 22.1 Å². The third kappa shape index (κ3) is 2.45. The van der Waals surface area contributed by atoms with E-state index in [-0.39, 0.29) is 0 Å². The standard InChI is InChI=1S/C17H17NO/c1-19-10-2-3-13-4-7-16-14(11-13)5-6-15-12-18-9-8-17(15)16/h4-9,11-12H,2-3,10H2,1H3. The van der Waals surface area contributed by atoms with Crippen molar-refractivity contribution in [3.8, 4) is 0 Å². The number of nitrogens with zero attached hydrogens (tertiary/aromatic N) is 1. The first kappa shape index (κ1) is 12.1. The molecule has 2 aromatic carbocycles. The van der Waals surface area contributed by atoms with Crippen molar-refractivity contribution in [3.05, 3.63) is 54.4 Å². The lowest BCUT2D eigenvalue weighted by molar-refractivity contribution is 0.195. The van der Waals surface area contributed by atoms with Crippen molar-refractivity contribution in [2.24, 2.45) is 0 Å². The van der Waals surface area contributed by atoms with E-state index in [0.29, 0.717) is 0 Å². The van der Waals surface area contributed by atoms with Gasteiger partial charge in [-0.15, -0.1) is 0 Å². The quantitative estimate of drug-likeness (QED) is 0.517. The molecule has 0 spiro atoms. The van der Waals surface area contributed by atoms with Crippen LogP contribution in [0.3, 0.4) is 0 Å². The zero-order chi connectivity index (χ0) is 13.1. The Bertz CT molecular complexity index is 706. The highest BCUT2D eigenvalue weighted by Crippen LogP contribution is 2.25. The number of hydrogen-bond donors (Lipinski definition) is 0. The van der Waals surface area contributed by atoms with Crippen LogP contribution in [0.2, 0.25) is 0 Å². The van der Waals surface area contributed by atoms with E-state index in [1.165, 1.54) is 27.1 Å². The third-order valence-corrected chi connectivity index (χ3v) is 3.51. The Morgan fingerprint density at radius 2 is 1.84 bits per heavy atom. The number of pyridine rings is 1. The van der Waals surface area contributed by atoms with Crippen LogP contribution in [0.4, 0.5) is 0 Å². The van der Waals surface area contributed by atoms with Gasteiger partial charge in [0, 0.05) is 31.5 Å². The van der Waals surface area contributed by atoms with Crippen LogP contribution < -0.4 is 0 Å². The molecule has 19 heavy (non-hydrogen) atoms. The Morgan fingerprint density at radius 1 is 1.00 bits per heavy atom. The van der Waals surface area contributed by atoms with Crippen molar-refractivity contribution in [2.75, 3.05) is 13.7 Å². The molecule has 0 saturated carbocycles. The SMILES string of the molecule is COCCCc1ccc2c(ccc3cnccc32)c1. The van der Waals surface area contributed by atoms with E-state index in [4.69, 9.17) is 4.74 Å². The van der Waals surface area contributed by atoms with Gasteiger partial charge in [0.1, 0.15) is 0 Å². The Balaban J connectivity index is 2.02. The summed E-state index contributed by atoms with van der Waals surface area (Å²) in [5.74, 6) is 0. The lowest BCUT2D eigenvalue weighted by Gasteiger charge is -2.06. The van der Waals surface area contributed by atoms with E-state index in [1.807, 2.05) is 12.4 Å². The lowest BCUT2D eigenvalue weighted by atomic mass is 10.00. The van der Waals surface area contributed by atoms with E-state index < -0.39 is 0 Å². The normalized spacial score (nSPS) is 11.2. The molecule has 0 aliphatic carbocycles. The van der Waals surface area contributed by atoms with Crippen LogP contribution >= 0.6 is 0 Å². The van der Waals surface area contributed by atoms with E-state index in [2.05, 4.69) is 41.4 Å². The van der Waals surface area contributed by atoms with Crippen molar-refractivity contribution < 1.29 is 4.74 Å². The highest BCUT2D eigenvalue weighted by Gasteiger charge is 2.01. The molecule has 0 N–H and O–H groups in total. The van der Waals surface area contributed by atoms with Crippen molar-refractivity contribution in [2.45, 2.75) is 12.8 Å². The maximum absolute atomic E-state index is 5.10. The monoisotopic (exact) mass is 251 g/mol. The predicted octanol–water partition coefficient (Wildman–Crippen LogP) is 3.97. The molecule has 0 aliphatic rings. The van der Waals surface area contributed by atoms with E-state index in [9.17, 15) is 0 Å². The van der Waals surface area contributed by atoms with Gasteiger partial charge in [-0.25, -0.2) is 0 Å². The summed E-state index contributed by atoms with van der Waals surface area (Å²) in [6.45, 7) is 0.821. The van der Waals surface area contributed by atoms with Crippen LogP contribution in [0.1, 0.15) is 12.0 Å². The van der Waals surface area contributed by atoms with Crippen LogP contribution in [0.15, 0.2) is 48.8 Å². The van der Waals surface area contributed by atoms with Gasteiger partial charge in [-0.3, -0.25) is 4.98 Å². The maximum Gasteiger partial charge on any atom is 0.0465 e. The average molecular weight is 251 g/mol. The summed E-state index contributed by atoms with van der Waals surface area (Å²) in [4.78, 5) is 4.17. The molecule has 0 aliphatic heterocycles. The predicted molar refractivity (Wildman–Crippen MR) is 79.4 cm³/mol. The minimum absolute atomic E-state index is 0.821. The fraction of sp³-hybridized carbons (Fsp3) is 0.235. The fourth-order valence-corrected chi connectivity index (χ4v) is 2.54. The lowest BCUT2D eigenvalue weighted by Crippen LogP contribution is -1.92. The number of ether oxygens (including phenoxy) is 1. The fourth-order valence-electron chi connectivity index (χ4n) is 2.54. The molecule has 96 valence electrons. The Hall–Kier alpha value is -1.93. The second kappa shape index (κ2) is 5.37. The smallest absolute Gasteiger partial charge is 0.0465 e. The highest BCUT2D eigenvalue weighted by atomic mass is 16.5. The zero-order valence-electron chi connectivity index (χ0n) is 11.1. The Labute approximate surface area is 113 Å². The van der Waals surface area contributed by atoms with Gasteiger partial charge in [0.25, 0.3) is 0 Å². The molecular formula is C17H17NO. The molecule has 3 rings (SSSR count). The Kier molecular flexibility index (Phi) is 3.43. The van der Waals surface area contributed by atoms with Crippen molar-refractivity contribution in [1.82, 2.24) is 4.98 Å². The van der Waals surface area contributed by atoms with Crippen molar-refractivity contribution in [1.29, 1.82) is 0 Å². The summed E-state index contributed by atoms with van der Waals surface area (Å²) in [6, 6.07) is 13.1. The van der Waals surface area contributed by atoms with Crippen molar-refractivity contribution in [3.63, 3.8) is 0 Å². The van der Waals surface area contributed by atoms with Gasteiger partial charge >= 0.3 is 0 Å². The highest BCUT2D eigenvalue weighted by molar-refractivity contribution is 6.07. The minimum Gasteiger partial charge on any atom is -0.385 e. The number of aromatic nitrogens is 1. The molecule has 0 bridgehead atoms. The van der Waals surface area contributed by atoms with E-state index >= 15 is 0 Å². The number of aryl methyl sites for hydroxylation is 1. The first-order valence-electron chi connectivity index (χ1n) is 6.63. The van der Waals surface area contributed by atoms with Gasteiger partial charge in [-0.1, -0.05) is 30.3 Å². The summed E-state index contributed by atoms with van der Waals surface area (Å²) in [5, 5.41) is 5.07. The summed E-state index contributed by atoms with van der Waals surface area (Å²) in [6.07, 6.45) is 5.91. The van der Waals surface area contributed by atoms with E-state index in [0.717, 1.165) is 19.4 Å². The van der Waals surface area contributed by atoms with Crippen LogP contribution in [0.5, 0.6) is 0 Å². The molecule has 1 heterocycles. The number of benzene rings is 2. The molecule has 0 radical (unpaired) electrons. The number of hydrogen-bond acceptors (Lipinski definition) is 2. The molecule has 0 fully saturated rings. The molecule has 2 nitrogen and oxygen atoms in total. The molecule has 0 saturated heterocycles. The summed E-state index contributed by atoms with van der Waals surface area (Å²) >= 11 is 0. The largest absolute Gasteiger partial charge is 0.385 e. The van der Waals surface area contributed by atoms with Gasteiger partial charge in [-0.05, 0) is 40.6 Å². The van der Waals surface area contributed by atoms with Crippen LogP contribution in [0, 0.1) is 0 Å². The molecule has 3 aromatic rings. The van der Waals surface area contributed by atoms with Gasteiger partial charge in [0.2, 0.25) is 0 Å². The third-order valence-electron chi connectivity index (χ3n) is 3.51. The first-order chi connectivity index (χ1) is 9.38. The molecule has 1 aromatic heterocycles. The Morgan fingerprint density at radius 3 is 2.74 bits per heavy atom. The maximum atomic E-state index is 5.10. The van der Waals surface area contributed by atoms with Crippen LogP contribution in [-0.2, 0) is 11.2 Å². The second-order valence-corrected chi connectivity index (χ2v) is 4.81. The van der Waals surface area contributed by atoms with Gasteiger partial charge in [0.05, 0.1) is 0 Å². The molecule has 0 atom stereocenters. The molecule has 0 unspecified atom stereocenters. The van der Waals surface area contributed by atoms with Gasteiger partial charge in [0.15, 0.2) is 0 Å². The first-order valence-corrected chi connectivity index (χ1v) is 6.63. The average Bonchev–Trinajstić information content (AvgIpc) is 2.47. The van der Waals surface area contributed by atoms with Gasteiger partial charge < -0.3 is 4.74 Å². The van der Waals surface area contributed by atoms with E-state index in [1.54, 1.807) is 7.11 Å². The summed E-state index contributed by atoms with van der Waals surface area (Å²) < 4.78 is 5.10. The van der Waals surface area contributed by atoms with Crippen molar-refractivity contribution >= 4 is 21.5 Å². The van der Waals surface area contributed by atoms with Crippen LogP contribution in [-0.4, -0.2) is 18.7 Å². The summed E-state index contributed by atoms with van der Waals surface area (Å²) in [7, 11) is 1.75. The van der Waals surface area contributed by atoms with Crippen LogP contribution in [0.25, 0.3) is 21.5 Å².